The zero-order valence-electron chi connectivity index (χ0n) is 9.87. The summed E-state index contributed by atoms with van der Waals surface area (Å²) >= 11 is 0. The number of azo groups is 1. The van der Waals surface area contributed by atoms with Crippen LogP contribution < -0.4 is 10.6 Å². The lowest BCUT2D eigenvalue weighted by atomic mass is 10.1. The van der Waals surface area contributed by atoms with Crippen molar-refractivity contribution in [3.63, 3.8) is 0 Å². The highest BCUT2D eigenvalue weighted by Crippen LogP contribution is 2.41. The summed E-state index contributed by atoms with van der Waals surface area (Å²) in [6.45, 7) is 3.16. The maximum atomic E-state index is 10.5. The minimum atomic E-state index is -0.939. The van der Waals surface area contributed by atoms with Crippen LogP contribution in [0.15, 0.2) is 22.4 Å². The summed E-state index contributed by atoms with van der Waals surface area (Å²) in [6, 6.07) is 2.08. The predicted octanol–water partition coefficient (Wildman–Crippen LogP) is 1.43. The maximum Gasteiger partial charge on any atom is 0.356 e. The summed E-state index contributed by atoms with van der Waals surface area (Å²) in [5.41, 5.74) is 6.38. The van der Waals surface area contributed by atoms with Crippen molar-refractivity contribution in [2.75, 3.05) is 18.0 Å². The number of amides is 2. The summed E-state index contributed by atoms with van der Waals surface area (Å²) < 4.78 is 0. The fourth-order valence-electron chi connectivity index (χ4n) is 2.01. The first kappa shape index (κ1) is 12.3. The van der Waals surface area contributed by atoms with E-state index in [1.807, 2.05) is 11.8 Å². The SMILES string of the molecule is CCN1CC(O)c2cc(N=NC(N)=O)c(O)cc21. The Morgan fingerprint density at radius 2 is 2.33 bits per heavy atom. The monoisotopic (exact) mass is 250 g/mol. The molecule has 0 radical (unpaired) electrons. The molecule has 0 fully saturated rings. The van der Waals surface area contributed by atoms with E-state index in [2.05, 4.69) is 10.2 Å². The summed E-state index contributed by atoms with van der Waals surface area (Å²) in [5.74, 6) is -0.105. The van der Waals surface area contributed by atoms with Gasteiger partial charge >= 0.3 is 6.03 Å². The largest absolute Gasteiger partial charge is 0.506 e. The molecule has 0 spiro atoms. The van der Waals surface area contributed by atoms with Crippen LogP contribution in [0.4, 0.5) is 16.2 Å². The molecule has 0 bridgehead atoms. The lowest BCUT2D eigenvalue weighted by Crippen LogP contribution is -2.20. The first-order valence-electron chi connectivity index (χ1n) is 5.54. The van der Waals surface area contributed by atoms with E-state index in [1.165, 1.54) is 12.1 Å². The fourth-order valence-corrected chi connectivity index (χ4v) is 2.01. The van der Waals surface area contributed by atoms with Crippen LogP contribution in [0.5, 0.6) is 5.75 Å². The molecule has 2 amide bonds. The average Bonchev–Trinajstić information content (AvgIpc) is 2.62. The van der Waals surface area contributed by atoms with Gasteiger partial charge in [-0.05, 0) is 13.0 Å². The van der Waals surface area contributed by atoms with Crippen LogP contribution in [0.2, 0.25) is 0 Å². The molecule has 7 nitrogen and oxygen atoms in total. The van der Waals surface area contributed by atoms with Gasteiger partial charge in [0, 0.05) is 30.4 Å². The number of hydrogen-bond acceptors (Lipinski definition) is 5. The zero-order valence-corrected chi connectivity index (χ0v) is 9.87. The molecule has 18 heavy (non-hydrogen) atoms. The topological polar surface area (TPSA) is 112 Å². The Hall–Kier alpha value is -2.15. The predicted molar refractivity (Wildman–Crippen MR) is 65.1 cm³/mol. The van der Waals surface area contributed by atoms with Gasteiger partial charge in [-0.3, -0.25) is 0 Å². The van der Waals surface area contributed by atoms with E-state index in [1.54, 1.807) is 0 Å². The van der Waals surface area contributed by atoms with Crippen molar-refractivity contribution in [3.05, 3.63) is 17.7 Å². The number of aliphatic hydroxyl groups excluding tert-OH is 1. The maximum absolute atomic E-state index is 10.5. The standard InChI is InChI=1S/C11H14N4O3/c1-2-15-5-10(17)6-3-7(13-14-11(12)18)9(16)4-8(6)15/h3-4,10,16-17H,2,5H2,1H3,(H2,12,18). The Balaban J connectivity index is 2.43. The number of phenolic OH excluding ortho intramolecular Hbond substituents is 1. The van der Waals surface area contributed by atoms with Crippen molar-refractivity contribution in [1.82, 2.24) is 0 Å². The van der Waals surface area contributed by atoms with Crippen molar-refractivity contribution in [2.24, 2.45) is 16.0 Å². The van der Waals surface area contributed by atoms with E-state index in [0.29, 0.717) is 12.1 Å². The van der Waals surface area contributed by atoms with Gasteiger partial charge in [0.1, 0.15) is 11.4 Å². The number of urea groups is 1. The van der Waals surface area contributed by atoms with Crippen LogP contribution in [-0.4, -0.2) is 29.3 Å². The summed E-state index contributed by atoms with van der Waals surface area (Å²) in [6.07, 6.45) is -0.636. The van der Waals surface area contributed by atoms with Crippen molar-refractivity contribution in [2.45, 2.75) is 13.0 Å². The first-order chi connectivity index (χ1) is 8.52. The molecule has 2 rings (SSSR count). The van der Waals surface area contributed by atoms with Gasteiger partial charge in [-0.15, -0.1) is 5.11 Å². The molecule has 7 heteroatoms. The highest BCUT2D eigenvalue weighted by Gasteiger charge is 2.27. The third kappa shape index (κ3) is 2.12. The molecule has 4 N–H and O–H groups in total. The third-order valence-electron chi connectivity index (χ3n) is 2.85. The lowest BCUT2D eigenvalue weighted by molar-refractivity contribution is 0.194. The number of nitrogens with zero attached hydrogens (tertiary/aromatic N) is 3. The molecule has 1 aromatic rings. The van der Waals surface area contributed by atoms with Gasteiger partial charge in [0.05, 0.1) is 6.10 Å². The average molecular weight is 250 g/mol. The molecule has 0 saturated heterocycles. The molecule has 96 valence electrons. The number of carbonyl (C=O) groups is 1. The number of nitrogens with two attached hydrogens (primary N) is 1. The Kier molecular flexibility index (Phi) is 3.15. The molecule has 1 aliphatic rings. The second-order valence-corrected chi connectivity index (χ2v) is 3.99. The molecule has 1 aromatic carbocycles. The number of aromatic hydroxyl groups is 1. The van der Waals surface area contributed by atoms with Crippen LogP contribution in [0, 0.1) is 0 Å². The van der Waals surface area contributed by atoms with E-state index < -0.39 is 12.1 Å². The van der Waals surface area contributed by atoms with Gasteiger partial charge in [0.25, 0.3) is 0 Å². The number of phenols is 1. The van der Waals surface area contributed by atoms with Crippen molar-refractivity contribution in [3.8, 4) is 5.75 Å². The number of hydrogen-bond donors (Lipinski definition) is 3. The normalized spacial score (nSPS) is 18.3. The number of rotatable bonds is 2. The Morgan fingerprint density at radius 1 is 1.61 bits per heavy atom. The van der Waals surface area contributed by atoms with Crippen molar-refractivity contribution in [1.29, 1.82) is 0 Å². The van der Waals surface area contributed by atoms with Crippen LogP contribution in [0.3, 0.4) is 0 Å². The zero-order chi connectivity index (χ0) is 13.3. The van der Waals surface area contributed by atoms with Gasteiger partial charge < -0.3 is 20.8 Å². The summed E-state index contributed by atoms with van der Waals surface area (Å²) in [4.78, 5) is 12.4. The van der Waals surface area contributed by atoms with Gasteiger partial charge in [0.15, 0.2) is 0 Å². The minimum Gasteiger partial charge on any atom is -0.506 e. The highest BCUT2D eigenvalue weighted by molar-refractivity contribution is 5.73. The fraction of sp³-hybridized carbons (Fsp3) is 0.364. The number of primary amides is 1. The molecule has 1 aliphatic heterocycles. The number of fused-ring (bicyclic) bond motifs is 1. The highest BCUT2D eigenvalue weighted by atomic mass is 16.3. The van der Waals surface area contributed by atoms with Crippen LogP contribution >= 0.6 is 0 Å². The van der Waals surface area contributed by atoms with E-state index in [9.17, 15) is 15.0 Å². The van der Waals surface area contributed by atoms with E-state index in [4.69, 9.17) is 5.73 Å². The van der Waals surface area contributed by atoms with E-state index in [-0.39, 0.29) is 11.4 Å². The first-order valence-corrected chi connectivity index (χ1v) is 5.54. The van der Waals surface area contributed by atoms with Crippen LogP contribution in [0.25, 0.3) is 0 Å². The number of β-amino-alcohol motifs (C(OH)–C–C–N with tert-alkyl or cyclic N) is 1. The Morgan fingerprint density at radius 3 is 2.94 bits per heavy atom. The second kappa shape index (κ2) is 4.61. The van der Waals surface area contributed by atoms with Crippen LogP contribution in [-0.2, 0) is 0 Å². The quantitative estimate of drug-likeness (QED) is 0.689. The minimum absolute atomic E-state index is 0.105. The molecule has 1 unspecified atom stereocenters. The van der Waals surface area contributed by atoms with Gasteiger partial charge in [-0.1, -0.05) is 5.11 Å². The lowest BCUT2D eigenvalue weighted by Gasteiger charge is -2.16. The molecule has 1 atom stereocenters. The molecule has 0 aliphatic carbocycles. The Labute approximate surface area is 104 Å². The van der Waals surface area contributed by atoms with E-state index in [0.717, 1.165) is 12.2 Å². The van der Waals surface area contributed by atoms with Gasteiger partial charge in [-0.25, -0.2) is 4.79 Å². The number of benzene rings is 1. The Bertz CT molecular complexity index is 515. The number of anilines is 1. The smallest absolute Gasteiger partial charge is 0.356 e. The molecular weight excluding hydrogens is 236 g/mol. The number of carbonyl (C=O) groups excluding carboxylic acids is 1. The van der Waals surface area contributed by atoms with Crippen molar-refractivity contribution >= 4 is 17.4 Å². The number of likely N-dealkylation sites (N-methyl/N-ethyl adjacent to an activating group) is 1. The molecule has 1 heterocycles. The third-order valence-corrected chi connectivity index (χ3v) is 2.85. The summed E-state index contributed by atoms with van der Waals surface area (Å²) in [5, 5.41) is 26.4. The molecule has 0 aromatic heterocycles. The van der Waals surface area contributed by atoms with Crippen molar-refractivity contribution < 1.29 is 15.0 Å². The number of aliphatic hydroxyl groups is 1. The second-order valence-electron chi connectivity index (χ2n) is 3.99. The van der Waals surface area contributed by atoms with Gasteiger partial charge in [-0.2, -0.15) is 0 Å². The summed E-state index contributed by atoms with van der Waals surface area (Å²) in [7, 11) is 0. The molecule has 0 saturated carbocycles. The van der Waals surface area contributed by atoms with Gasteiger partial charge in [0.2, 0.25) is 0 Å². The van der Waals surface area contributed by atoms with Crippen LogP contribution in [0.1, 0.15) is 18.6 Å². The molecular formula is C11H14N4O3. The van der Waals surface area contributed by atoms with E-state index >= 15 is 0 Å².